The second kappa shape index (κ2) is 2.61. The molecule has 0 spiro atoms. The highest BCUT2D eigenvalue weighted by Crippen LogP contribution is 2.12. The van der Waals surface area contributed by atoms with Gasteiger partial charge in [-0.3, -0.25) is 0 Å². The Labute approximate surface area is 63.0 Å². The standard InChI is InChI=1S/C6H8N2O3/c1-3-4(5(9)10)11-6(7-2)8-3/h1-2H3,(H,7,8)(H,9,10). The monoisotopic (exact) mass is 156 g/mol. The number of aryl methyl sites for hydroxylation is 1. The van der Waals surface area contributed by atoms with Crippen LogP contribution in [0.1, 0.15) is 16.2 Å². The van der Waals surface area contributed by atoms with Crippen molar-refractivity contribution in [3.63, 3.8) is 0 Å². The SMILES string of the molecule is CNc1nc(C)c(C(=O)O)o1. The Hall–Kier alpha value is -1.52. The third-order valence-electron chi connectivity index (χ3n) is 1.20. The summed E-state index contributed by atoms with van der Waals surface area (Å²) in [6.07, 6.45) is 0. The number of carboxylic acids is 1. The number of carbonyl (C=O) groups is 1. The molecule has 0 aromatic carbocycles. The molecule has 0 unspecified atom stereocenters. The highest BCUT2D eigenvalue weighted by Gasteiger charge is 2.14. The van der Waals surface area contributed by atoms with E-state index in [9.17, 15) is 4.79 Å². The second-order valence-electron chi connectivity index (χ2n) is 1.99. The number of nitrogens with one attached hydrogen (secondary N) is 1. The second-order valence-corrected chi connectivity index (χ2v) is 1.99. The Morgan fingerprint density at radius 3 is 2.64 bits per heavy atom. The maximum atomic E-state index is 10.4. The summed E-state index contributed by atoms with van der Waals surface area (Å²) in [5.41, 5.74) is 0.377. The van der Waals surface area contributed by atoms with Crippen LogP contribution in [0, 0.1) is 6.92 Å². The van der Waals surface area contributed by atoms with Crippen LogP contribution in [-0.2, 0) is 0 Å². The molecule has 60 valence electrons. The van der Waals surface area contributed by atoms with Crippen molar-refractivity contribution in [2.45, 2.75) is 6.92 Å². The third-order valence-corrected chi connectivity index (χ3v) is 1.20. The van der Waals surface area contributed by atoms with Gasteiger partial charge in [-0.05, 0) is 6.92 Å². The first-order chi connectivity index (χ1) is 5.15. The first-order valence-corrected chi connectivity index (χ1v) is 3.03. The average Bonchev–Trinajstić information content (AvgIpc) is 2.30. The molecule has 11 heavy (non-hydrogen) atoms. The molecule has 1 heterocycles. The summed E-state index contributed by atoms with van der Waals surface area (Å²) in [5.74, 6) is -1.22. The minimum Gasteiger partial charge on any atom is -0.475 e. The average molecular weight is 156 g/mol. The van der Waals surface area contributed by atoms with Gasteiger partial charge in [0.05, 0.1) is 5.69 Å². The lowest BCUT2D eigenvalue weighted by molar-refractivity contribution is 0.0662. The summed E-state index contributed by atoms with van der Waals surface area (Å²) >= 11 is 0. The number of anilines is 1. The molecule has 0 aliphatic heterocycles. The van der Waals surface area contributed by atoms with Gasteiger partial charge in [0.15, 0.2) is 0 Å². The zero-order chi connectivity index (χ0) is 8.43. The molecular formula is C6H8N2O3. The van der Waals surface area contributed by atoms with E-state index in [2.05, 4.69) is 10.3 Å². The lowest BCUT2D eigenvalue weighted by Crippen LogP contribution is -1.95. The van der Waals surface area contributed by atoms with Crippen LogP contribution in [0.2, 0.25) is 0 Å². The Morgan fingerprint density at radius 1 is 1.73 bits per heavy atom. The van der Waals surface area contributed by atoms with Crippen LogP contribution >= 0.6 is 0 Å². The van der Waals surface area contributed by atoms with Crippen LogP contribution in [-0.4, -0.2) is 23.1 Å². The fourth-order valence-electron chi connectivity index (χ4n) is 0.702. The predicted molar refractivity (Wildman–Crippen MR) is 37.7 cm³/mol. The number of hydrogen-bond acceptors (Lipinski definition) is 4. The smallest absolute Gasteiger partial charge is 0.373 e. The lowest BCUT2D eigenvalue weighted by atomic mass is 10.4. The van der Waals surface area contributed by atoms with E-state index in [0.29, 0.717) is 5.69 Å². The van der Waals surface area contributed by atoms with E-state index in [1.807, 2.05) is 0 Å². The van der Waals surface area contributed by atoms with E-state index >= 15 is 0 Å². The fraction of sp³-hybridized carbons (Fsp3) is 0.333. The Bertz CT molecular complexity index is 279. The van der Waals surface area contributed by atoms with E-state index in [-0.39, 0.29) is 11.8 Å². The summed E-state index contributed by atoms with van der Waals surface area (Å²) in [5, 5.41) is 11.1. The molecule has 0 bridgehead atoms. The number of aromatic carboxylic acids is 1. The number of nitrogens with zero attached hydrogens (tertiary/aromatic N) is 1. The van der Waals surface area contributed by atoms with E-state index < -0.39 is 5.97 Å². The first kappa shape index (κ1) is 7.59. The summed E-state index contributed by atoms with van der Waals surface area (Å²) < 4.78 is 4.80. The Morgan fingerprint density at radius 2 is 2.36 bits per heavy atom. The molecule has 0 fully saturated rings. The van der Waals surface area contributed by atoms with Gasteiger partial charge >= 0.3 is 5.97 Å². The molecule has 1 aromatic rings. The maximum Gasteiger partial charge on any atom is 0.373 e. The number of rotatable bonds is 2. The van der Waals surface area contributed by atoms with E-state index in [1.165, 1.54) is 0 Å². The lowest BCUT2D eigenvalue weighted by Gasteiger charge is -1.86. The summed E-state index contributed by atoms with van der Waals surface area (Å²) in [6.45, 7) is 1.58. The highest BCUT2D eigenvalue weighted by atomic mass is 16.4. The van der Waals surface area contributed by atoms with Crippen molar-refractivity contribution in [3.8, 4) is 0 Å². The zero-order valence-corrected chi connectivity index (χ0v) is 6.21. The fourth-order valence-corrected chi connectivity index (χ4v) is 0.702. The molecule has 5 heteroatoms. The van der Waals surface area contributed by atoms with E-state index in [1.54, 1.807) is 14.0 Å². The van der Waals surface area contributed by atoms with Gasteiger partial charge < -0.3 is 14.8 Å². The summed E-state index contributed by atoms with van der Waals surface area (Å²) in [4.78, 5) is 14.2. The van der Waals surface area contributed by atoms with Crippen LogP contribution in [0.5, 0.6) is 0 Å². The van der Waals surface area contributed by atoms with Crippen molar-refractivity contribution in [3.05, 3.63) is 11.5 Å². The minimum atomic E-state index is -1.10. The quantitative estimate of drug-likeness (QED) is 0.659. The number of oxazole rings is 1. The van der Waals surface area contributed by atoms with Gasteiger partial charge in [0, 0.05) is 7.05 Å². The van der Waals surface area contributed by atoms with Crippen molar-refractivity contribution in [1.82, 2.24) is 4.98 Å². The molecule has 0 saturated carbocycles. The third kappa shape index (κ3) is 1.31. The van der Waals surface area contributed by atoms with Gasteiger partial charge in [0.25, 0.3) is 6.01 Å². The molecule has 0 aliphatic carbocycles. The molecule has 5 nitrogen and oxygen atoms in total. The maximum absolute atomic E-state index is 10.4. The molecule has 1 rings (SSSR count). The Kier molecular flexibility index (Phi) is 1.80. The number of hydrogen-bond donors (Lipinski definition) is 2. The summed E-state index contributed by atoms with van der Waals surface area (Å²) in [6, 6.07) is 0.222. The van der Waals surface area contributed by atoms with Gasteiger partial charge in [0.2, 0.25) is 5.76 Å². The Balaban J connectivity index is 3.07. The van der Waals surface area contributed by atoms with Crippen LogP contribution in [0.15, 0.2) is 4.42 Å². The normalized spacial score (nSPS) is 9.64. The molecule has 1 aromatic heterocycles. The van der Waals surface area contributed by atoms with Crippen LogP contribution in [0.4, 0.5) is 6.01 Å². The molecule has 0 saturated heterocycles. The minimum absolute atomic E-state index is 0.116. The van der Waals surface area contributed by atoms with E-state index in [4.69, 9.17) is 9.52 Å². The van der Waals surface area contributed by atoms with Crippen LogP contribution in [0.3, 0.4) is 0 Å². The van der Waals surface area contributed by atoms with Gasteiger partial charge in [-0.25, -0.2) is 4.79 Å². The van der Waals surface area contributed by atoms with Crippen molar-refractivity contribution >= 4 is 12.0 Å². The van der Waals surface area contributed by atoms with E-state index in [0.717, 1.165) is 0 Å². The van der Waals surface area contributed by atoms with Crippen molar-refractivity contribution < 1.29 is 14.3 Å². The van der Waals surface area contributed by atoms with Crippen molar-refractivity contribution in [2.24, 2.45) is 0 Å². The molecule has 2 N–H and O–H groups in total. The van der Waals surface area contributed by atoms with Crippen LogP contribution < -0.4 is 5.32 Å². The highest BCUT2D eigenvalue weighted by molar-refractivity contribution is 5.85. The zero-order valence-electron chi connectivity index (χ0n) is 6.21. The molecule has 0 amide bonds. The van der Waals surface area contributed by atoms with Gasteiger partial charge in [0.1, 0.15) is 0 Å². The van der Waals surface area contributed by atoms with Gasteiger partial charge in [-0.1, -0.05) is 0 Å². The van der Waals surface area contributed by atoms with Gasteiger partial charge in [-0.2, -0.15) is 4.98 Å². The summed E-state index contributed by atoms with van der Waals surface area (Å²) in [7, 11) is 1.61. The van der Waals surface area contributed by atoms with Crippen molar-refractivity contribution in [2.75, 3.05) is 12.4 Å². The predicted octanol–water partition coefficient (Wildman–Crippen LogP) is 0.723. The molecule has 0 radical (unpaired) electrons. The molecule has 0 atom stereocenters. The van der Waals surface area contributed by atoms with Crippen molar-refractivity contribution in [1.29, 1.82) is 0 Å². The number of aromatic nitrogens is 1. The first-order valence-electron chi connectivity index (χ1n) is 3.03. The topological polar surface area (TPSA) is 75.4 Å². The number of carboxylic acid groups (broad SMARTS) is 1. The van der Waals surface area contributed by atoms with Crippen LogP contribution in [0.25, 0.3) is 0 Å². The molecular weight excluding hydrogens is 148 g/mol. The largest absolute Gasteiger partial charge is 0.475 e. The molecule has 0 aliphatic rings. The van der Waals surface area contributed by atoms with Gasteiger partial charge in [-0.15, -0.1) is 0 Å².